The number of ether oxygens (including phenoxy) is 2. The Morgan fingerprint density at radius 2 is 1.95 bits per heavy atom. The number of nitrogens with zero attached hydrogens (tertiary/aromatic N) is 1. The number of hydrogen-bond donors (Lipinski definition) is 0. The number of benzene rings is 1. The zero-order valence-corrected chi connectivity index (χ0v) is 12.8. The Labute approximate surface area is 128 Å². The number of hydrogen-bond acceptors (Lipinski definition) is 3. The summed E-state index contributed by atoms with van der Waals surface area (Å²) in [5, 5.41) is 0. The van der Waals surface area contributed by atoms with Crippen molar-refractivity contribution < 1.29 is 23.0 Å². The number of amides is 1. The van der Waals surface area contributed by atoms with E-state index in [1.54, 1.807) is 4.90 Å². The van der Waals surface area contributed by atoms with Gasteiger partial charge in [-0.25, -0.2) is 8.78 Å². The topological polar surface area (TPSA) is 42.1 Å². The fourth-order valence-electron chi connectivity index (χ4n) is 3.37. The van der Waals surface area contributed by atoms with Crippen LogP contribution in [0.5, 0.6) is 0 Å². The van der Waals surface area contributed by atoms with E-state index in [9.17, 15) is 13.6 Å². The molecule has 4 nitrogen and oxygen atoms in total. The van der Waals surface area contributed by atoms with Gasteiger partial charge in [0.2, 0.25) is 7.85 Å². The van der Waals surface area contributed by atoms with E-state index >= 15 is 0 Å². The molecule has 2 saturated heterocycles. The van der Waals surface area contributed by atoms with Crippen LogP contribution in [0.2, 0.25) is 0 Å². The Kier molecular flexibility index (Phi) is 3.73. The Morgan fingerprint density at radius 3 is 2.45 bits per heavy atom. The summed E-state index contributed by atoms with van der Waals surface area (Å²) in [7, 11) is 1.47. The lowest BCUT2D eigenvalue weighted by molar-refractivity contribution is -0.0637. The Balaban J connectivity index is 1.91. The number of carbonyl (C=O) groups excluding carboxylic acids is 1. The van der Waals surface area contributed by atoms with Gasteiger partial charge in [0.15, 0.2) is 5.81 Å². The zero-order valence-electron chi connectivity index (χ0n) is 12.8. The molecule has 3 atom stereocenters. The summed E-state index contributed by atoms with van der Waals surface area (Å²) in [5.74, 6) is -1.38. The first-order chi connectivity index (χ1) is 10.3. The highest BCUT2D eigenvalue weighted by Crippen LogP contribution is 2.38. The van der Waals surface area contributed by atoms with E-state index in [4.69, 9.17) is 9.47 Å². The highest BCUT2D eigenvalue weighted by Gasteiger charge is 2.54. The summed E-state index contributed by atoms with van der Waals surface area (Å²) in [4.78, 5) is 13.7. The predicted molar refractivity (Wildman–Crippen MR) is 78.3 cm³/mol. The third kappa shape index (κ3) is 2.87. The van der Waals surface area contributed by atoms with Crippen LogP contribution in [0.25, 0.3) is 0 Å². The van der Waals surface area contributed by atoms with Crippen LogP contribution in [-0.2, 0) is 15.9 Å². The lowest BCUT2D eigenvalue weighted by Crippen LogP contribution is -2.49. The van der Waals surface area contributed by atoms with E-state index in [0.717, 1.165) is 6.07 Å². The van der Waals surface area contributed by atoms with Gasteiger partial charge in [0.1, 0.15) is 29.6 Å². The minimum Gasteiger partial charge on any atom is -0.370 e. The van der Waals surface area contributed by atoms with Crippen molar-refractivity contribution in [1.29, 1.82) is 0 Å². The van der Waals surface area contributed by atoms with Crippen molar-refractivity contribution in [2.24, 2.45) is 0 Å². The van der Waals surface area contributed by atoms with Crippen LogP contribution < -0.4 is 0 Å². The van der Waals surface area contributed by atoms with Gasteiger partial charge in [-0.05, 0) is 38.0 Å². The quantitative estimate of drug-likeness (QED) is 0.627. The van der Waals surface area contributed by atoms with E-state index in [1.807, 2.05) is 13.8 Å². The molecule has 2 heterocycles. The molecule has 3 rings (SSSR count). The molecule has 1 amide bonds. The second-order valence-corrected chi connectivity index (χ2v) is 6.34. The van der Waals surface area contributed by atoms with Crippen molar-refractivity contribution in [3.8, 4) is 0 Å². The van der Waals surface area contributed by atoms with Crippen molar-refractivity contribution in [1.82, 2.24) is 4.90 Å². The van der Waals surface area contributed by atoms with Gasteiger partial charge in [0.05, 0.1) is 12.6 Å². The molecular formula is C15H18BF2NO3. The first-order valence-electron chi connectivity index (χ1n) is 7.32. The van der Waals surface area contributed by atoms with Crippen LogP contribution in [0.3, 0.4) is 0 Å². The average molecular weight is 309 g/mol. The summed E-state index contributed by atoms with van der Waals surface area (Å²) < 4.78 is 38.1. The molecule has 1 aromatic carbocycles. The largest absolute Gasteiger partial charge is 0.370 e. The van der Waals surface area contributed by atoms with Crippen LogP contribution in [0.4, 0.5) is 13.6 Å². The fourth-order valence-corrected chi connectivity index (χ4v) is 3.37. The molecule has 0 unspecified atom stereocenters. The molecule has 2 aliphatic rings. The Bertz CT molecular complexity index is 586. The summed E-state index contributed by atoms with van der Waals surface area (Å²) in [5.41, 5.74) is -0.264. The first kappa shape index (κ1) is 15.4. The SMILES string of the molecule is BC(=O)N1[C@@H](Cc2cc(F)cc(F)c2)[C@@H]([C@H]2CO2)OC1(C)C. The van der Waals surface area contributed by atoms with Crippen LogP contribution in [0.15, 0.2) is 18.2 Å². The molecule has 0 aliphatic carbocycles. The van der Waals surface area contributed by atoms with Gasteiger partial charge in [-0.1, -0.05) is 0 Å². The van der Waals surface area contributed by atoms with Crippen molar-refractivity contribution in [2.75, 3.05) is 6.61 Å². The smallest absolute Gasteiger partial charge is 0.216 e. The number of carbonyl (C=O) groups is 1. The van der Waals surface area contributed by atoms with E-state index in [2.05, 4.69) is 0 Å². The van der Waals surface area contributed by atoms with Gasteiger partial charge in [-0.15, -0.1) is 0 Å². The normalized spacial score (nSPS) is 29.6. The summed E-state index contributed by atoms with van der Waals surface area (Å²) in [6.45, 7) is 4.21. The summed E-state index contributed by atoms with van der Waals surface area (Å²) in [6, 6.07) is 3.11. The van der Waals surface area contributed by atoms with Crippen LogP contribution in [0, 0.1) is 11.6 Å². The van der Waals surface area contributed by atoms with Gasteiger partial charge < -0.3 is 14.4 Å². The van der Waals surface area contributed by atoms with Crippen molar-refractivity contribution in [3.63, 3.8) is 0 Å². The maximum Gasteiger partial charge on any atom is 0.216 e. The van der Waals surface area contributed by atoms with Gasteiger partial charge in [0.25, 0.3) is 0 Å². The molecule has 0 aromatic heterocycles. The van der Waals surface area contributed by atoms with Gasteiger partial charge >= 0.3 is 0 Å². The van der Waals surface area contributed by atoms with E-state index in [1.165, 1.54) is 20.0 Å². The lowest BCUT2D eigenvalue weighted by atomic mass is 9.95. The molecule has 2 aliphatic heterocycles. The summed E-state index contributed by atoms with van der Waals surface area (Å²) >= 11 is 0. The molecular weight excluding hydrogens is 291 g/mol. The maximum atomic E-state index is 13.4. The summed E-state index contributed by atoms with van der Waals surface area (Å²) in [6.07, 6.45) is -0.0281. The molecule has 1 aromatic rings. The fraction of sp³-hybridized carbons (Fsp3) is 0.533. The van der Waals surface area contributed by atoms with Crippen molar-refractivity contribution in [2.45, 2.75) is 44.2 Å². The molecule has 2 fully saturated rings. The predicted octanol–water partition coefficient (Wildman–Crippen LogP) is 1.46. The minimum absolute atomic E-state index is 0.0629. The standard InChI is InChI=1S/C15H18BF2NO3/c1-15(2)19(14(16)20)11(13(22-15)12-7-21-12)5-8-3-9(17)6-10(18)4-8/h3-4,6,11-13H,5,7,16H2,1-2H3/t11-,12+,13-/m0/s1. The number of rotatable bonds is 3. The third-order valence-electron chi connectivity index (χ3n) is 4.15. The van der Waals surface area contributed by atoms with Gasteiger partial charge in [-0.3, -0.25) is 4.79 Å². The molecule has 0 N–H and O–H groups in total. The number of epoxide rings is 1. The highest BCUT2D eigenvalue weighted by molar-refractivity contribution is 6.57. The van der Waals surface area contributed by atoms with Gasteiger partial charge in [0, 0.05) is 6.07 Å². The molecule has 118 valence electrons. The van der Waals surface area contributed by atoms with Crippen LogP contribution in [-0.4, -0.2) is 49.1 Å². The van der Waals surface area contributed by atoms with Crippen molar-refractivity contribution >= 4 is 13.7 Å². The van der Waals surface area contributed by atoms with E-state index < -0.39 is 17.4 Å². The first-order valence-corrected chi connectivity index (χ1v) is 7.32. The molecule has 0 saturated carbocycles. The molecule has 22 heavy (non-hydrogen) atoms. The second-order valence-electron chi connectivity index (χ2n) is 6.34. The molecule has 0 spiro atoms. The van der Waals surface area contributed by atoms with Gasteiger partial charge in [-0.2, -0.15) is 0 Å². The van der Waals surface area contributed by atoms with E-state index in [-0.39, 0.29) is 24.1 Å². The highest BCUT2D eigenvalue weighted by atomic mass is 19.1. The zero-order chi connectivity index (χ0) is 16.1. The van der Waals surface area contributed by atoms with Crippen LogP contribution in [0.1, 0.15) is 19.4 Å². The van der Waals surface area contributed by atoms with E-state index in [0.29, 0.717) is 18.6 Å². The average Bonchev–Trinajstić information content (AvgIpc) is 3.13. The third-order valence-corrected chi connectivity index (χ3v) is 4.15. The maximum absolute atomic E-state index is 13.4. The molecule has 0 radical (unpaired) electrons. The number of halogens is 2. The second kappa shape index (κ2) is 5.31. The monoisotopic (exact) mass is 309 g/mol. The Morgan fingerprint density at radius 1 is 1.36 bits per heavy atom. The Hall–Kier alpha value is -1.47. The molecule has 0 bridgehead atoms. The van der Waals surface area contributed by atoms with Crippen molar-refractivity contribution in [3.05, 3.63) is 35.4 Å². The lowest BCUT2D eigenvalue weighted by Gasteiger charge is -2.33. The van der Waals surface area contributed by atoms with Crippen LogP contribution >= 0.6 is 0 Å². The minimum atomic E-state index is -0.765. The molecule has 7 heteroatoms.